The van der Waals surface area contributed by atoms with Crippen LogP contribution in [0.4, 0.5) is 0 Å². The second kappa shape index (κ2) is 6.82. The molecule has 15 heavy (non-hydrogen) atoms. The van der Waals surface area contributed by atoms with Gasteiger partial charge in [0, 0.05) is 19.3 Å². The van der Waals surface area contributed by atoms with Gasteiger partial charge in [-0.15, -0.1) is 0 Å². The van der Waals surface area contributed by atoms with Crippen LogP contribution in [0.5, 0.6) is 0 Å². The van der Waals surface area contributed by atoms with Crippen molar-refractivity contribution < 1.29 is 5.11 Å². The first-order chi connectivity index (χ1) is 7.27. The lowest BCUT2D eigenvalue weighted by molar-refractivity contribution is 0.250. The van der Waals surface area contributed by atoms with E-state index < -0.39 is 0 Å². The third-order valence-corrected chi connectivity index (χ3v) is 3.72. The fraction of sp³-hybridized carbons (Fsp3) is 0.545. The van der Waals surface area contributed by atoms with E-state index in [2.05, 4.69) is 4.98 Å². The predicted molar refractivity (Wildman–Crippen MR) is 64.7 cm³/mol. The molecule has 0 aromatic carbocycles. The third kappa shape index (κ3) is 4.20. The number of aromatic nitrogens is 1. The molecule has 0 aliphatic rings. The summed E-state index contributed by atoms with van der Waals surface area (Å²) in [4.78, 5) is 4.29. The highest BCUT2D eigenvalue weighted by Crippen LogP contribution is 2.27. The molecular formula is C11H18N2OS. The SMILES string of the molecule is CC(CO)CSC(CN)c1ccccn1. The molecule has 0 spiro atoms. The van der Waals surface area contributed by atoms with Crippen molar-refractivity contribution in [2.24, 2.45) is 11.7 Å². The zero-order valence-electron chi connectivity index (χ0n) is 8.97. The number of thioether (sulfide) groups is 1. The molecule has 0 aliphatic carbocycles. The van der Waals surface area contributed by atoms with Gasteiger partial charge in [-0.1, -0.05) is 13.0 Å². The van der Waals surface area contributed by atoms with Crippen molar-refractivity contribution in [1.29, 1.82) is 0 Å². The Bertz CT molecular complexity index is 269. The molecule has 1 aromatic heterocycles. The second-order valence-corrected chi connectivity index (χ2v) is 4.84. The van der Waals surface area contributed by atoms with E-state index in [-0.39, 0.29) is 11.9 Å². The Kier molecular flexibility index (Phi) is 5.68. The lowest BCUT2D eigenvalue weighted by Crippen LogP contribution is -2.13. The summed E-state index contributed by atoms with van der Waals surface area (Å²) in [5.74, 6) is 1.22. The molecule has 4 heteroatoms. The number of pyridine rings is 1. The summed E-state index contributed by atoms with van der Waals surface area (Å²) in [5.41, 5.74) is 6.73. The van der Waals surface area contributed by atoms with Crippen LogP contribution in [-0.2, 0) is 0 Å². The number of nitrogens with zero attached hydrogens (tertiary/aromatic N) is 1. The van der Waals surface area contributed by atoms with Crippen molar-refractivity contribution in [3.05, 3.63) is 30.1 Å². The van der Waals surface area contributed by atoms with Crippen LogP contribution < -0.4 is 5.73 Å². The Labute approximate surface area is 95.1 Å². The number of aliphatic hydroxyl groups excluding tert-OH is 1. The van der Waals surface area contributed by atoms with Crippen molar-refractivity contribution in [3.63, 3.8) is 0 Å². The van der Waals surface area contributed by atoms with E-state index in [4.69, 9.17) is 10.8 Å². The molecule has 2 atom stereocenters. The maximum atomic E-state index is 8.93. The van der Waals surface area contributed by atoms with E-state index in [0.29, 0.717) is 12.5 Å². The van der Waals surface area contributed by atoms with Crippen molar-refractivity contribution in [1.82, 2.24) is 4.98 Å². The predicted octanol–water partition coefficient (Wildman–Crippen LogP) is 1.44. The van der Waals surface area contributed by atoms with E-state index in [1.165, 1.54) is 0 Å². The Morgan fingerprint density at radius 1 is 1.53 bits per heavy atom. The van der Waals surface area contributed by atoms with Gasteiger partial charge in [-0.05, 0) is 23.8 Å². The van der Waals surface area contributed by atoms with Gasteiger partial charge >= 0.3 is 0 Å². The van der Waals surface area contributed by atoms with Gasteiger partial charge in [0.2, 0.25) is 0 Å². The van der Waals surface area contributed by atoms with Gasteiger partial charge in [-0.25, -0.2) is 0 Å². The molecule has 0 fully saturated rings. The maximum Gasteiger partial charge on any atom is 0.0592 e. The van der Waals surface area contributed by atoms with Crippen LogP contribution in [0.1, 0.15) is 17.9 Å². The van der Waals surface area contributed by atoms with Gasteiger partial charge in [0.15, 0.2) is 0 Å². The number of rotatable bonds is 6. The lowest BCUT2D eigenvalue weighted by atomic mass is 10.2. The number of aliphatic hydroxyl groups is 1. The summed E-state index contributed by atoms with van der Waals surface area (Å²) < 4.78 is 0. The van der Waals surface area contributed by atoms with Gasteiger partial charge in [-0.2, -0.15) is 11.8 Å². The van der Waals surface area contributed by atoms with Crippen LogP contribution in [0.2, 0.25) is 0 Å². The average molecular weight is 226 g/mol. The van der Waals surface area contributed by atoms with Crippen molar-refractivity contribution in [3.8, 4) is 0 Å². The molecule has 1 aromatic rings. The molecule has 84 valence electrons. The van der Waals surface area contributed by atoms with E-state index in [0.717, 1.165) is 11.4 Å². The fourth-order valence-electron chi connectivity index (χ4n) is 1.17. The molecule has 1 rings (SSSR count). The average Bonchev–Trinajstić information content (AvgIpc) is 2.31. The maximum absolute atomic E-state index is 8.93. The summed E-state index contributed by atoms with van der Waals surface area (Å²) in [6.07, 6.45) is 1.79. The van der Waals surface area contributed by atoms with Gasteiger partial charge in [0.1, 0.15) is 0 Å². The third-order valence-electron chi connectivity index (χ3n) is 2.13. The molecule has 0 bridgehead atoms. The smallest absolute Gasteiger partial charge is 0.0592 e. The Morgan fingerprint density at radius 2 is 2.33 bits per heavy atom. The zero-order valence-corrected chi connectivity index (χ0v) is 9.78. The lowest BCUT2D eigenvalue weighted by Gasteiger charge is -2.15. The van der Waals surface area contributed by atoms with Crippen LogP contribution in [0.25, 0.3) is 0 Å². The van der Waals surface area contributed by atoms with Gasteiger partial charge in [0.25, 0.3) is 0 Å². The topological polar surface area (TPSA) is 59.1 Å². The summed E-state index contributed by atoms with van der Waals surface area (Å²) in [7, 11) is 0. The molecule has 1 heterocycles. The zero-order chi connectivity index (χ0) is 11.1. The minimum absolute atomic E-state index is 0.229. The van der Waals surface area contributed by atoms with Gasteiger partial charge < -0.3 is 10.8 Å². The summed E-state index contributed by atoms with van der Waals surface area (Å²) >= 11 is 1.76. The molecule has 2 unspecified atom stereocenters. The van der Waals surface area contributed by atoms with Crippen LogP contribution in [0.15, 0.2) is 24.4 Å². The molecular weight excluding hydrogens is 208 g/mol. The molecule has 0 saturated heterocycles. The van der Waals surface area contributed by atoms with Crippen molar-refractivity contribution >= 4 is 11.8 Å². The number of hydrogen-bond acceptors (Lipinski definition) is 4. The van der Waals surface area contributed by atoms with E-state index in [9.17, 15) is 0 Å². The normalized spacial score (nSPS) is 14.9. The number of hydrogen-bond donors (Lipinski definition) is 2. The van der Waals surface area contributed by atoms with Gasteiger partial charge in [0.05, 0.1) is 10.9 Å². The minimum atomic E-state index is 0.229. The van der Waals surface area contributed by atoms with E-state index in [1.54, 1.807) is 18.0 Å². The highest BCUT2D eigenvalue weighted by molar-refractivity contribution is 7.99. The van der Waals surface area contributed by atoms with E-state index >= 15 is 0 Å². The Morgan fingerprint density at radius 3 is 2.87 bits per heavy atom. The van der Waals surface area contributed by atoms with Crippen molar-refractivity contribution in [2.45, 2.75) is 12.2 Å². The van der Waals surface area contributed by atoms with Crippen LogP contribution >= 0.6 is 11.8 Å². The molecule has 0 radical (unpaired) electrons. The monoisotopic (exact) mass is 226 g/mol. The molecule has 3 N–H and O–H groups in total. The Balaban J connectivity index is 2.50. The Hall–Kier alpha value is -0.580. The molecule has 3 nitrogen and oxygen atoms in total. The summed E-state index contributed by atoms with van der Waals surface area (Å²) in [6.45, 7) is 2.84. The second-order valence-electron chi connectivity index (χ2n) is 3.60. The minimum Gasteiger partial charge on any atom is -0.396 e. The van der Waals surface area contributed by atoms with E-state index in [1.807, 2.05) is 25.1 Å². The molecule has 0 aliphatic heterocycles. The van der Waals surface area contributed by atoms with Crippen LogP contribution in [-0.4, -0.2) is 29.0 Å². The van der Waals surface area contributed by atoms with Crippen molar-refractivity contribution in [2.75, 3.05) is 18.9 Å². The largest absolute Gasteiger partial charge is 0.396 e. The first-order valence-corrected chi connectivity index (χ1v) is 6.16. The summed E-state index contributed by atoms with van der Waals surface area (Å²) in [5, 5.41) is 9.17. The first kappa shape index (κ1) is 12.5. The molecule has 0 amide bonds. The standard InChI is InChI=1S/C11H18N2OS/c1-9(7-14)8-15-11(6-12)10-4-2-3-5-13-10/h2-5,9,11,14H,6-8,12H2,1H3. The van der Waals surface area contributed by atoms with Crippen LogP contribution in [0.3, 0.4) is 0 Å². The highest BCUT2D eigenvalue weighted by Gasteiger charge is 2.12. The summed E-state index contributed by atoms with van der Waals surface area (Å²) in [6, 6.07) is 5.87. The quantitative estimate of drug-likeness (QED) is 0.770. The highest BCUT2D eigenvalue weighted by atomic mass is 32.2. The van der Waals surface area contributed by atoms with Crippen LogP contribution in [0, 0.1) is 5.92 Å². The van der Waals surface area contributed by atoms with Gasteiger partial charge in [-0.3, -0.25) is 4.98 Å². The first-order valence-electron chi connectivity index (χ1n) is 5.11. The fourth-order valence-corrected chi connectivity index (χ4v) is 2.29. The molecule has 0 saturated carbocycles. The number of nitrogens with two attached hydrogens (primary N) is 1.